The molecule has 4 nitrogen and oxygen atoms in total. The fraction of sp³-hybridized carbons (Fsp3) is 0.812. The molecule has 1 aliphatic carbocycles. The van der Waals surface area contributed by atoms with Crippen molar-refractivity contribution in [2.45, 2.75) is 64.5 Å². The van der Waals surface area contributed by atoms with Crippen molar-refractivity contribution >= 4 is 0 Å². The summed E-state index contributed by atoms with van der Waals surface area (Å²) in [5.41, 5.74) is 1.14. The van der Waals surface area contributed by atoms with Crippen molar-refractivity contribution in [1.29, 1.82) is 0 Å². The lowest BCUT2D eigenvalue weighted by Gasteiger charge is -2.22. The molecule has 1 aromatic heterocycles. The Morgan fingerprint density at radius 3 is 2.80 bits per heavy atom. The Labute approximate surface area is 122 Å². The van der Waals surface area contributed by atoms with Gasteiger partial charge in [-0.05, 0) is 31.9 Å². The van der Waals surface area contributed by atoms with E-state index in [4.69, 9.17) is 10.2 Å². The fourth-order valence-corrected chi connectivity index (χ4v) is 3.03. The number of hydrogen-bond acceptors (Lipinski definition) is 3. The molecule has 1 heterocycles. The number of aliphatic hydroxyl groups excluding tert-OH is 1. The molecule has 1 fully saturated rings. The standard InChI is InChI=1S/C16H29N3O/c1-2-3-10-18(12-13-20)14-15-9-11-19(17-15)16-7-5-4-6-8-16/h9,11,16,20H,2-8,10,12-14H2,1H3. The minimum Gasteiger partial charge on any atom is -0.395 e. The monoisotopic (exact) mass is 279 g/mol. The first-order valence-electron chi connectivity index (χ1n) is 8.20. The number of hydrogen-bond donors (Lipinski definition) is 1. The summed E-state index contributed by atoms with van der Waals surface area (Å²) >= 11 is 0. The van der Waals surface area contributed by atoms with Crippen molar-refractivity contribution in [2.24, 2.45) is 0 Å². The molecular weight excluding hydrogens is 250 g/mol. The molecule has 0 atom stereocenters. The number of aromatic nitrogens is 2. The minimum absolute atomic E-state index is 0.229. The van der Waals surface area contributed by atoms with Gasteiger partial charge in [0, 0.05) is 19.3 Å². The van der Waals surface area contributed by atoms with Gasteiger partial charge in [0.1, 0.15) is 0 Å². The van der Waals surface area contributed by atoms with Gasteiger partial charge in [0.25, 0.3) is 0 Å². The Morgan fingerprint density at radius 1 is 1.30 bits per heavy atom. The van der Waals surface area contributed by atoms with E-state index in [2.05, 4.69) is 28.8 Å². The van der Waals surface area contributed by atoms with Gasteiger partial charge in [0.15, 0.2) is 0 Å². The van der Waals surface area contributed by atoms with Crippen LogP contribution in [0.1, 0.15) is 63.6 Å². The quantitative estimate of drug-likeness (QED) is 0.795. The third kappa shape index (κ3) is 4.60. The van der Waals surface area contributed by atoms with E-state index in [9.17, 15) is 0 Å². The molecule has 0 saturated heterocycles. The summed E-state index contributed by atoms with van der Waals surface area (Å²) in [7, 11) is 0. The minimum atomic E-state index is 0.229. The van der Waals surface area contributed by atoms with Gasteiger partial charge in [-0.1, -0.05) is 32.6 Å². The van der Waals surface area contributed by atoms with E-state index >= 15 is 0 Å². The molecule has 0 amide bonds. The van der Waals surface area contributed by atoms with Gasteiger partial charge in [-0.3, -0.25) is 9.58 Å². The van der Waals surface area contributed by atoms with Crippen molar-refractivity contribution in [3.63, 3.8) is 0 Å². The zero-order chi connectivity index (χ0) is 14.2. The van der Waals surface area contributed by atoms with E-state index in [0.29, 0.717) is 6.04 Å². The van der Waals surface area contributed by atoms with Crippen LogP contribution in [0.5, 0.6) is 0 Å². The molecule has 4 heteroatoms. The summed E-state index contributed by atoms with van der Waals surface area (Å²) in [4.78, 5) is 2.30. The van der Waals surface area contributed by atoms with E-state index in [0.717, 1.165) is 25.3 Å². The molecule has 0 unspecified atom stereocenters. The maximum absolute atomic E-state index is 9.16. The van der Waals surface area contributed by atoms with Crippen molar-refractivity contribution < 1.29 is 5.11 Å². The number of rotatable bonds is 8. The Bertz CT molecular complexity index is 372. The van der Waals surface area contributed by atoms with Gasteiger partial charge in [0.05, 0.1) is 18.3 Å². The molecule has 0 bridgehead atoms. The number of nitrogens with zero attached hydrogens (tertiary/aromatic N) is 3. The molecule has 0 aromatic carbocycles. The highest BCUT2D eigenvalue weighted by Crippen LogP contribution is 2.27. The maximum atomic E-state index is 9.16. The highest BCUT2D eigenvalue weighted by atomic mass is 16.3. The smallest absolute Gasteiger partial charge is 0.0764 e. The van der Waals surface area contributed by atoms with Crippen LogP contribution in [0.3, 0.4) is 0 Å². The van der Waals surface area contributed by atoms with Gasteiger partial charge in [-0.15, -0.1) is 0 Å². The van der Waals surface area contributed by atoms with Crippen LogP contribution < -0.4 is 0 Å². The molecule has 1 aliphatic rings. The highest BCUT2D eigenvalue weighted by molar-refractivity contribution is 5.00. The van der Waals surface area contributed by atoms with Crippen molar-refractivity contribution in [1.82, 2.24) is 14.7 Å². The zero-order valence-corrected chi connectivity index (χ0v) is 12.8. The van der Waals surface area contributed by atoms with Crippen molar-refractivity contribution in [3.8, 4) is 0 Å². The lowest BCUT2D eigenvalue weighted by molar-refractivity contribution is 0.186. The van der Waals surface area contributed by atoms with Crippen LogP contribution in [-0.4, -0.2) is 39.5 Å². The largest absolute Gasteiger partial charge is 0.395 e. The highest BCUT2D eigenvalue weighted by Gasteiger charge is 2.16. The molecule has 1 N–H and O–H groups in total. The summed E-state index contributed by atoms with van der Waals surface area (Å²) in [6.45, 7) is 5.09. The Kier molecular flexibility index (Phi) is 6.54. The van der Waals surface area contributed by atoms with Crippen LogP contribution in [0.2, 0.25) is 0 Å². The molecule has 0 spiro atoms. The molecule has 0 aliphatic heterocycles. The summed E-state index contributed by atoms with van der Waals surface area (Å²) in [6, 6.07) is 2.75. The normalized spacial score (nSPS) is 16.9. The number of aliphatic hydroxyl groups is 1. The second kappa shape index (κ2) is 8.42. The van der Waals surface area contributed by atoms with E-state index in [1.54, 1.807) is 0 Å². The maximum Gasteiger partial charge on any atom is 0.0764 e. The van der Waals surface area contributed by atoms with E-state index in [-0.39, 0.29) is 6.61 Å². The third-order valence-electron chi connectivity index (χ3n) is 4.24. The van der Waals surface area contributed by atoms with Gasteiger partial charge in [-0.2, -0.15) is 5.10 Å². The van der Waals surface area contributed by atoms with Crippen molar-refractivity contribution in [2.75, 3.05) is 19.7 Å². The Balaban J connectivity index is 1.89. The van der Waals surface area contributed by atoms with Crippen molar-refractivity contribution in [3.05, 3.63) is 18.0 Å². The van der Waals surface area contributed by atoms with Gasteiger partial charge in [0.2, 0.25) is 0 Å². The average Bonchev–Trinajstić information content (AvgIpc) is 2.94. The van der Waals surface area contributed by atoms with E-state index < -0.39 is 0 Å². The van der Waals surface area contributed by atoms with E-state index in [1.807, 2.05) is 0 Å². The van der Waals surface area contributed by atoms with Crippen LogP contribution >= 0.6 is 0 Å². The van der Waals surface area contributed by atoms with Crippen LogP contribution in [0, 0.1) is 0 Å². The molecule has 0 radical (unpaired) electrons. The molecule has 114 valence electrons. The Morgan fingerprint density at radius 2 is 2.10 bits per heavy atom. The SMILES string of the molecule is CCCCN(CCO)Cc1ccn(C2CCCCC2)n1. The zero-order valence-electron chi connectivity index (χ0n) is 12.8. The van der Waals surface area contributed by atoms with Crippen LogP contribution in [0.25, 0.3) is 0 Å². The molecule has 2 rings (SSSR count). The molecule has 1 aromatic rings. The van der Waals surface area contributed by atoms with Crippen LogP contribution in [0.4, 0.5) is 0 Å². The number of unbranched alkanes of at least 4 members (excludes halogenated alkanes) is 1. The summed E-state index contributed by atoms with van der Waals surface area (Å²) in [5.74, 6) is 0. The molecule has 1 saturated carbocycles. The first-order valence-corrected chi connectivity index (χ1v) is 8.20. The van der Waals surface area contributed by atoms with E-state index in [1.165, 1.54) is 44.9 Å². The lowest BCUT2D eigenvalue weighted by atomic mass is 9.96. The summed E-state index contributed by atoms with van der Waals surface area (Å²) in [5, 5.41) is 13.9. The first-order chi connectivity index (χ1) is 9.83. The topological polar surface area (TPSA) is 41.3 Å². The second-order valence-electron chi connectivity index (χ2n) is 5.93. The van der Waals surface area contributed by atoms with Gasteiger partial charge < -0.3 is 5.11 Å². The lowest BCUT2D eigenvalue weighted by Crippen LogP contribution is -2.28. The van der Waals surface area contributed by atoms with Gasteiger partial charge in [-0.25, -0.2) is 0 Å². The van der Waals surface area contributed by atoms with Crippen LogP contribution in [0.15, 0.2) is 12.3 Å². The summed E-state index contributed by atoms with van der Waals surface area (Å²) < 4.78 is 2.17. The van der Waals surface area contributed by atoms with Gasteiger partial charge >= 0.3 is 0 Å². The fourth-order valence-electron chi connectivity index (χ4n) is 3.03. The third-order valence-corrected chi connectivity index (χ3v) is 4.24. The predicted octanol–water partition coefficient (Wildman–Crippen LogP) is 2.98. The van der Waals surface area contributed by atoms with Crippen LogP contribution in [-0.2, 0) is 6.54 Å². The molecule has 20 heavy (non-hydrogen) atoms. The molecular formula is C16H29N3O. The Hall–Kier alpha value is -0.870. The predicted molar refractivity (Wildman–Crippen MR) is 81.6 cm³/mol. The first kappa shape index (κ1) is 15.5. The second-order valence-corrected chi connectivity index (χ2v) is 5.93. The average molecular weight is 279 g/mol. The summed E-state index contributed by atoms with van der Waals surface area (Å²) in [6.07, 6.45) is 11.1.